The van der Waals surface area contributed by atoms with Gasteiger partial charge in [0.15, 0.2) is 0 Å². The van der Waals surface area contributed by atoms with Crippen LogP contribution < -0.4 is 5.32 Å². The van der Waals surface area contributed by atoms with Crippen LogP contribution in [0.4, 0.5) is 0 Å². The average Bonchev–Trinajstić information content (AvgIpc) is 2.70. The van der Waals surface area contributed by atoms with Gasteiger partial charge in [0.2, 0.25) is 5.91 Å². The molecule has 0 aliphatic carbocycles. The van der Waals surface area contributed by atoms with Crippen LogP contribution in [0.3, 0.4) is 0 Å². The number of carbonyl (C=O) groups excluding carboxylic acids is 1. The summed E-state index contributed by atoms with van der Waals surface area (Å²) in [5, 5.41) is 3.34. The van der Waals surface area contributed by atoms with E-state index in [2.05, 4.69) is 24.1 Å². The molecule has 3 heteroatoms. The molecule has 1 N–H and O–H groups in total. The van der Waals surface area contributed by atoms with Crippen molar-refractivity contribution in [2.45, 2.75) is 45.6 Å². The Morgan fingerprint density at radius 2 is 2.31 bits per heavy atom. The molecule has 2 fully saturated rings. The van der Waals surface area contributed by atoms with Gasteiger partial charge in [-0.3, -0.25) is 4.79 Å². The van der Waals surface area contributed by atoms with Gasteiger partial charge in [-0.25, -0.2) is 0 Å². The molecule has 2 saturated heterocycles. The number of nitrogens with zero attached hydrogens (tertiary/aromatic N) is 1. The first-order valence-electron chi connectivity index (χ1n) is 6.73. The number of hydrogen-bond acceptors (Lipinski definition) is 2. The van der Waals surface area contributed by atoms with E-state index in [0.717, 1.165) is 38.9 Å². The first-order chi connectivity index (χ1) is 7.72. The second-order valence-corrected chi connectivity index (χ2v) is 5.44. The topological polar surface area (TPSA) is 32.3 Å². The summed E-state index contributed by atoms with van der Waals surface area (Å²) in [6, 6.07) is 0.504. The number of nitrogens with one attached hydrogen (secondary N) is 1. The summed E-state index contributed by atoms with van der Waals surface area (Å²) < 4.78 is 0. The molecule has 3 atom stereocenters. The van der Waals surface area contributed by atoms with E-state index in [4.69, 9.17) is 0 Å². The van der Waals surface area contributed by atoms with Crippen molar-refractivity contribution < 1.29 is 4.79 Å². The van der Waals surface area contributed by atoms with Crippen LogP contribution >= 0.6 is 0 Å². The lowest BCUT2D eigenvalue weighted by Crippen LogP contribution is -2.44. The lowest BCUT2D eigenvalue weighted by molar-refractivity contribution is -0.137. The summed E-state index contributed by atoms with van der Waals surface area (Å²) in [7, 11) is 0. The highest BCUT2D eigenvalue weighted by Crippen LogP contribution is 2.27. The van der Waals surface area contributed by atoms with Crippen LogP contribution in [0.2, 0.25) is 0 Å². The SMILES string of the molecule is CCC1CC(C)CN1C(=O)C1CCCNC1. The summed E-state index contributed by atoms with van der Waals surface area (Å²) in [4.78, 5) is 14.6. The van der Waals surface area contributed by atoms with Crippen molar-refractivity contribution in [3.8, 4) is 0 Å². The van der Waals surface area contributed by atoms with Crippen LogP contribution in [-0.2, 0) is 4.79 Å². The van der Waals surface area contributed by atoms with Crippen molar-refractivity contribution >= 4 is 5.91 Å². The lowest BCUT2D eigenvalue weighted by atomic mass is 9.97. The zero-order chi connectivity index (χ0) is 11.5. The molecule has 0 aromatic heterocycles. The predicted molar refractivity (Wildman–Crippen MR) is 65.2 cm³/mol. The fourth-order valence-corrected chi connectivity index (χ4v) is 3.11. The van der Waals surface area contributed by atoms with Crippen LogP contribution in [-0.4, -0.2) is 36.5 Å². The standard InChI is InChI=1S/C13H24N2O/c1-3-12-7-10(2)9-15(12)13(16)11-5-4-6-14-8-11/h10-12,14H,3-9H2,1-2H3. The fraction of sp³-hybridized carbons (Fsp3) is 0.923. The van der Waals surface area contributed by atoms with E-state index >= 15 is 0 Å². The number of carbonyl (C=O) groups is 1. The van der Waals surface area contributed by atoms with E-state index in [1.807, 2.05) is 0 Å². The Bertz CT molecular complexity index is 248. The average molecular weight is 224 g/mol. The maximum atomic E-state index is 12.4. The van der Waals surface area contributed by atoms with Crippen molar-refractivity contribution in [3.63, 3.8) is 0 Å². The molecule has 2 rings (SSSR count). The maximum absolute atomic E-state index is 12.4. The zero-order valence-electron chi connectivity index (χ0n) is 10.5. The molecule has 0 spiro atoms. The minimum Gasteiger partial charge on any atom is -0.339 e. The Balaban J connectivity index is 1.97. The maximum Gasteiger partial charge on any atom is 0.227 e. The quantitative estimate of drug-likeness (QED) is 0.773. The van der Waals surface area contributed by atoms with Gasteiger partial charge < -0.3 is 10.2 Å². The van der Waals surface area contributed by atoms with E-state index < -0.39 is 0 Å². The third-order valence-electron chi connectivity index (χ3n) is 4.02. The molecule has 0 saturated carbocycles. The van der Waals surface area contributed by atoms with E-state index in [1.165, 1.54) is 6.42 Å². The summed E-state index contributed by atoms with van der Waals surface area (Å²) >= 11 is 0. The predicted octanol–water partition coefficient (Wildman–Crippen LogP) is 1.63. The minimum atomic E-state index is 0.244. The van der Waals surface area contributed by atoms with E-state index in [0.29, 0.717) is 17.9 Å². The molecule has 3 unspecified atom stereocenters. The summed E-state index contributed by atoms with van der Waals surface area (Å²) in [6.45, 7) is 7.41. The molecule has 2 heterocycles. The Kier molecular flexibility index (Phi) is 3.85. The lowest BCUT2D eigenvalue weighted by Gasteiger charge is -2.30. The van der Waals surface area contributed by atoms with Crippen LogP contribution in [0.5, 0.6) is 0 Å². The van der Waals surface area contributed by atoms with Gasteiger partial charge in [-0.1, -0.05) is 13.8 Å². The van der Waals surface area contributed by atoms with Crippen molar-refractivity contribution in [1.82, 2.24) is 10.2 Å². The van der Waals surface area contributed by atoms with Gasteiger partial charge in [-0.15, -0.1) is 0 Å². The van der Waals surface area contributed by atoms with Crippen LogP contribution in [0.25, 0.3) is 0 Å². The minimum absolute atomic E-state index is 0.244. The van der Waals surface area contributed by atoms with Crippen molar-refractivity contribution in [2.24, 2.45) is 11.8 Å². The van der Waals surface area contributed by atoms with E-state index in [1.54, 1.807) is 0 Å². The number of amides is 1. The summed E-state index contributed by atoms with van der Waals surface area (Å²) in [5.41, 5.74) is 0. The normalized spacial score (nSPS) is 35.4. The molecule has 1 amide bonds. The number of rotatable bonds is 2. The first kappa shape index (κ1) is 11.9. The van der Waals surface area contributed by atoms with E-state index in [-0.39, 0.29) is 5.92 Å². The number of hydrogen-bond donors (Lipinski definition) is 1. The zero-order valence-corrected chi connectivity index (χ0v) is 10.5. The second-order valence-electron chi connectivity index (χ2n) is 5.44. The fourth-order valence-electron chi connectivity index (χ4n) is 3.11. The molecule has 2 aliphatic rings. The second kappa shape index (κ2) is 5.17. The van der Waals surface area contributed by atoms with Crippen molar-refractivity contribution in [1.29, 1.82) is 0 Å². The van der Waals surface area contributed by atoms with Gasteiger partial charge in [-0.2, -0.15) is 0 Å². The molecule has 0 aromatic carbocycles. The molecule has 0 bridgehead atoms. The van der Waals surface area contributed by atoms with Gasteiger partial charge in [0.25, 0.3) is 0 Å². The molecule has 0 radical (unpaired) electrons. The van der Waals surface area contributed by atoms with Crippen molar-refractivity contribution in [2.75, 3.05) is 19.6 Å². The highest BCUT2D eigenvalue weighted by molar-refractivity contribution is 5.79. The van der Waals surface area contributed by atoms with Gasteiger partial charge >= 0.3 is 0 Å². The van der Waals surface area contributed by atoms with Gasteiger partial charge in [-0.05, 0) is 38.1 Å². The first-order valence-corrected chi connectivity index (χ1v) is 6.73. The smallest absolute Gasteiger partial charge is 0.227 e. The Morgan fingerprint density at radius 3 is 2.94 bits per heavy atom. The monoisotopic (exact) mass is 224 g/mol. The largest absolute Gasteiger partial charge is 0.339 e. The van der Waals surface area contributed by atoms with Gasteiger partial charge in [0, 0.05) is 19.1 Å². The summed E-state index contributed by atoms with van der Waals surface area (Å²) in [6.07, 6.45) is 4.53. The molecular weight excluding hydrogens is 200 g/mol. The Labute approximate surface area is 98.6 Å². The van der Waals surface area contributed by atoms with Crippen molar-refractivity contribution in [3.05, 3.63) is 0 Å². The molecule has 16 heavy (non-hydrogen) atoms. The molecule has 92 valence electrons. The highest BCUT2D eigenvalue weighted by atomic mass is 16.2. The number of likely N-dealkylation sites (tertiary alicyclic amines) is 1. The van der Waals surface area contributed by atoms with Crippen LogP contribution in [0.15, 0.2) is 0 Å². The van der Waals surface area contributed by atoms with Gasteiger partial charge in [0.05, 0.1) is 5.92 Å². The molecule has 2 aliphatic heterocycles. The van der Waals surface area contributed by atoms with Crippen LogP contribution in [0.1, 0.15) is 39.5 Å². The Morgan fingerprint density at radius 1 is 1.50 bits per heavy atom. The molecule has 0 aromatic rings. The third kappa shape index (κ3) is 2.40. The molecular formula is C13H24N2O. The third-order valence-corrected chi connectivity index (χ3v) is 4.02. The molecule has 3 nitrogen and oxygen atoms in total. The van der Waals surface area contributed by atoms with E-state index in [9.17, 15) is 4.79 Å². The van der Waals surface area contributed by atoms with Gasteiger partial charge in [0.1, 0.15) is 0 Å². The van der Waals surface area contributed by atoms with Crippen LogP contribution in [0, 0.1) is 11.8 Å². The number of piperidine rings is 1. The Hall–Kier alpha value is -0.570. The highest BCUT2D eigenvalue weighted by Gasteiger charge is 2.35. The summed E-state index contributed by atoms with van der Waals surface area (Å²) in [5.74, 6) is 1.34.